The smallest absolute Gasteiger partial charge is 0.183 e. The van der Waals surface area contributed by atoms with Crippen LogP contribution in [0, 0.1) is 11.6 Å². The molecule has 0 saturated heterocycles. The molecule has 1 unspecified atom stereocenters. The Hall–Kier alpha value is -2.61. The van der Waals surface area contributed by atoms with Gasteiger partial charge in [-0.1, -0.05) is 0 Å². The number of hydrogen-bond acceptors (Lipinski definition) is 3. The van der Waals surface area contributed by atoms with Gasteiger partial charge < -0.3 is 15.6 Å². The van der Waals surface area contributed by atoms with Gasteiger partial charge in [-0.25, -0.2) is 13.2 Å². The lowest BCUT2D eigenvalue weighted by atomic mass is 9.91. The highest BCUT2D eigenvalue weighted by molar-refractivity contribution is 5.96. The van der Waals surface area contributed by atoms with E-state index in [9.17, 15) is 13.2 Å². The maximum absolute atomic E-state index is 14.5. The number of halogens is 3. The molecule has 0 bridgehead atoms. The molecule has 1 aliphatic rings. The van der Waals surface area contributed by atoms with Crippen LogP contribution in [0.25, 0.3) is 10.9 Å². The second-order valence-electron chi connectivity index (χ2n) is 6.94. The van der Waals surface area contributed by atoms with Crippen LogP contribution in [-0.2, 0) is 6.54 Å². The van der Waals surface area contributed by atoms with Crippen LogP contribution >= 0.6 is 0 Å². The van der Waals surface area contributed by atoms with Gasteiger partial charge in [-0.15, -0.1) is 0 Å². The second kappa shape index (κ2) is 9.05. The number of aliphatic imine (C=N–C) groups is 2. The molecule has 0 radical (unpaired) electrons. The molecule has 0 spiro atoms. The molecule has 3 N–H and O–H groups in total. The third-order valence-electron chi connectivity index (χ3n) is 5.05. The maximum Gasteiger partial charge on any atom is 0.183 e. The normalized spacial score (nSPS) is 21.1. The fourth-order valence-electron chi connectivity index (χ4n) is 3.61. The Bertz CT molecular complexity index is 903. The van der Waals surface area contributed by atoms with Crippen molar-refractivity contribution in [2.75, 3.05) is 7.05 Å². The third-order valence-corrected chi connectivity index (χ3v) is 5.05. The van der Waals surface area contributed by atoms with E-state index in [0.717, 1.165) is 37.9 Å². The zero-order valence-corrected chi connectivity index (χ0v) is 15.7. The number of H-pyrrole nitrogens is 1. The Morgan fingerprint density at radius 2 is 2.11 bits per heavy atom. The predicted molar refractivity (Wildman–Crippen MR) is 106 cm³/mol. The van der Waals surface area contributed by atoms with E-state index in [1.54, 1.807) is 6.20 Å². The molecule has 1 aliphatic carbocycles. The molecule has 1 aromatic heterocycles. The minimum atomic E-state index is -0.675. The standard InChI is InChI=1S/C20H24F3N5/c1-24-11-18(23)20(28-15-5-3-4-14(8-15)25-2)27-10-12-9-26-19-16(12)6-13(21)7-17(19)22/h6-7,9,11,14-15,25-26H,1,3-5,8,10H2,2H3,(H,27,28)/b18-11+/t14?,15-/m0/s1. The van der Waals surface area contributed by atoms with E-state index in [0.29, 0.717) is 17.0 Å². The van der Waals surface area contributed by atoms with Crippen LogP contribution in [0.1, 0.15) is 31.2 Å². The highest BCUT2D eigenvalue weighted by atomic mass is 19.1. The Balaban J connectivity index is 1.83. The van der Waals surface area contributed by atoms with Crippen LogP contribution in [0.5, 0.6) is 0 Å². The number of nitrogens with zero attached hydrogens (tertiary/aromatic N) is 2. The number of rotatable bonds is 6. The Kier molecular flexibility index (Phi) is 6.51. The first-order chi connectivity index (χ1) is 13.5. The summed E-state index contributed by atoms with van der Waals surface area (Å²) in [6.45, 7) is 3.34. The Morgan fingerprint density at radius 1 is 1.32 bits per heavy atom. The molecule has 1 fully saturated rings. The number of fused-ring (bicyclic) bond motifs is 1. The zero-order chi connectivity index (χ0) is 20.1. The van der Waals surface area contributed by atoms with Crippen molar-refractivity contribution in [3.8, 4) is 0 Å². The van der Waals surface area contributed by atoms with Crippen molar-refractivity contribution in [1.82, 2.24) is 15.6 Å². The quantitative estimate of drug-likeness (QED) is 0.515. The van der Waals surface area contributed by atoms with Gasteiger partial charge in [0.05, 0.1) is 18.3 Å². The monoisotopic (exact) mass is 391 g/mol. The van der Waals surface area contributed by atoms with Gasteiger partial charge in [-0.2, -0.15) is 0 Å². The number of benzene rings is 1. The number of aromatic amines is 1. The number of hydrogen-bond donors (Lipinski definition) is 3. The molecule has 2 atom stereocenters. The van der Waals surface area contributed by atoms with Gasteiger partial charge >= 0.3 is 0 Å². The first kappa shape index (κ1) is 20.1. The van der Waals surface area contributed by atoms with Crippen LogP contribution in [0.15, 0.2) is 40.3 Å². The fourth-order valence-corrected chi connectivity index (χ4v) is 3.61. The van der Waals surface area contributed by atoms with Crippen LogP contribution in [0.4, 0.5) is 13.2 Å². The van der Waals surface area contributed by atoms with Crippen molar-refractivity contribution in [1.29, 1.82) is 0 Å². The van der Waals surface area contributed by atoms with Gasteiger partial charge in [0.15, 0.2) is 11.7 Å². The summed E-state index contributed by atoms with van der Waals surface area (Å²) in [5.41, 5.74) is 0.776. The summed E-state index contributed by atoms with van der Waals surface area (Å²) in [6.07, 6.45) is 6.43. The van der Waals surface area contributed by atoms with E-state index in [2.05, 4.69) is 32.3 Å². The van der Waals surface area contributed by atoms with E-state index in [1.807, 2.05) is 7.05 Å². The highest BCUT2D eigenvalue weighted by Crippen LogP contribution is 2.24. The largest absolute Gasteiger partial charge is 0.365 e. The maximum atomic E-state index is 14.5. The van der Waals surface area contributed by atoms with Crippen molar-refractivity contribution in [2.45, 2.75) is 44.3 Å². The van der Waals surface area contributed by atoms with Gasteiger partial charge in [0.25, 0.3) is 0 Å². The molecule has 1 heterocycles. The summed E-state index contributed by atoms with van der Waals surface area (Å²) < 4.78 is 41.9. The molecule has 3 rings (SSSR count). The molecule has 1 aromatic carbocycles. The summed E-state index contributed by atoms with van der Waals surface area (Å²) in [5.74, 6) is -1.90. The Labute approximate surface area is 161 Å². The summed E-state index contributed by atoms with van der Waals surface area (Å²) in [5, 5.41) is 6.80. The van der Waals surface area contributed by atoms with Gasteiger partial charge in [-0.05, 0) is 51.1 Å². The van der Waals surface area contributed by atoms with Crippen molar-refractivity contribution in [3.63, 3.8) is 0 Å². The van der Waals surface area contributed by atoms with E-state index in [4.69, 9.17) is 0 Å². The van der Waals surface area contributed by atoms with E-state index in [-0.39, 0.29) is 23.9 Å². The topological polar surface area (TPSA) is 64.6 Å². The van der Waals surface area contributed by atoms with Gasteiger partial charge in [0.2, 0.25) is 0 Å². The average Bonchev–Trinajstić information content (AvgIpc) is 3.08. The molecule has 0 aliphatic heterocycles. The minimum absolute atomic E-state index is 0.0613. The summed E-state index contributed by atoms with van der Waals surface area (Å²) >= 11 is 0. The molecule has 8 heteroatoms. The molecule has 2 aromatic rings. The zero-order valence-electron chi connectivity index (χ0n) is 15.7. The number of amidine groups is 1. The fraction of sp³-hybridized carbons (Fsp3) is 0.400. The predicted octanol–water partition coefficient (Wildman–Crippen LogP) is 3.98. The van der Waals surface area contributed by atoms with Crippen molar-refractivity contribution < 1.29 is 13.2 Å². The van der Waals surface area contributed by atoms with Gasteiger partial charge in [0, 0.05) is 29.7 Å². The van der Waals surface area contributed by atoms with Crippen molar-refractivity contribution in [3.05, 3.63) is 47.6 Å². The Morgan fingerprint density at radius 3 is 2.86 bits per heavy atom. The van der Waals surface area contributed by atoms with E-state index >= 15 is 0 Å². The van der Waals surface area contributed by atoms with Crippen LogP contribution in [-0.4, -0.2) is 36.7 Å². The molecule has 150 valence electrons. The molecular weight excluding hydrogens is 367 g/mol. The summed E-state index contributed by atoms with van der Waals surface area (Å²) in [7, 11) is 1.92. The number of aromatic nitrogens is 1. The van der Waals surface area contributed by atoms with Gasteiger partial charge in [-0.3, -0.25) is 9.98 Å². The second-order valence-corrected chi connectivity index (χ2v) is 6.94. The van der Waals surface area contributed by atoms with Crippen molar-refractivity contribution in [2.24, 2.45) is 9.98 Å². The van der Waals surface area contributed by atoms with Crippen LogP contribution in [0.2, 0.25) is 0 Å². The number of nitrogens with one attached hydrogen (secondary N) is 3. The molecule has 0 amide bonds. The first-order valence-corrected chi connectivity index (χ1v) is 9.27. The summed E-state index contributed by atoms with van der Waals surface area (Å²) in [6, 6.07) is 2.50. The van der Waals surface area contributed by atoms with E-state index in [1.165, 1.54) is 6.07 Å². The molecule has 5 nitrogen and oxygen atoms in total. The summed E-state index contributed by atoms with van der Waals surface area (Å²) in [4.78, 5) is 10.6. The van der Waals surface area contributed by atoms with Gasteiger partial charge in [0.1, 0.15) is 11.6 Å². The molecule has 28 heavy (non-hydrogen) atoms. The SMILES string of the molecule is C=N/C=C(/F)C(=NCc1c[nH]c2c(F)cc(F)cc12)N[C@H]1CCCC(NC)C1. The third kappa shape index (κ3) is 4.62. The molecule has 1 saturated carbocycles. The lowest BCUT2D eigenvalue weighted by molar-refractivity contribution is 0.337. The highest BCUT2D eigenvalue weighted by Gasteiger charge is 2.22. The lowest BCUT2D eigenvalue weighted by Gasteiger charge is -2.30. The average molecular weight is 391 g/mol. The molecular formula is C20H24F3N5. The first-order valence-electron chi connectivity index (χ1n) is 9.27. The van der Waals surface area contributed by atoms with Crippen LogP contribution in [0.3, 0.4) is 0 Å². The van der Waals surface area contributed by atoms with E-state index < -0.39 is 17.5 Å². The van der Waals surface area contributed by atoms with Crippen molar-refractivity contribution >= 4 is 23.5 Å². The van der Waals surface area contributed by atoms with Crippen LogP contribution < -0.4 is 10.6 Å². The lowest BCUT2D eigenvalue weighted by Crippen LogP contribution is -2.43. The minimum Gasteiger partial charge on any atom is -0.365 e.